The van der Waals surface area contributed by atoms with Crippen LogP contribution in [0.25, 0.3) is 0 Å². The number of rotatable bonds is 10. The van der Waals surface area contributed by atoms with Gasteiger partial charge in [0, 0.05) is 5.92 Å². The van der Waals surface area contributed by atoms with Gasteiger partial charge in [-0.3, -0.25) is 4.79 Å². The lowest BCUT2D eigenvalue weighted by molar-refractivity contribution is -0.121. The van der Waals surface area contributed by atoms with Crippen LogP contribution in [0, 0.1) is 17.8 Å². The predicted octanol–water partition coefficient (Wildman–Crippen LogP) is 5.32. The van der Waals surface area contributed by atoms with Gasteiger partial charge in [-0.05, 0) is 44.1 Å². The van der Waals surface area contributed by atoms with Gasteiger partial charge < -0.3 is 5.11 Å². The molecule has 2 heteroatoms. The molecule has 128 valence electrons. The van der Waals surface area contributed by atoms with E-state index in [1.807, 2.05) is 26.8 Å². The highest BCUT2D eigenvalue weighted by Crippen LogP contribution is 2.20. The second-order valence-corrected chi connectivity index (χ2v) is 6.97. The SMILES string of the molecule is CCC[C@H](C)C[C@H](C)/C=C(C)/C=C(\C)C(=O)C(C)C(O)CC. The molecule has 0 saturated carbocycles. The molecule has 4 atom stereocenters. The molecular weight excluding hydrogens is 272 g/mol. The molecule has 0 bridgehead atoms. The average molecular weight is 309 g/mol. The quantitative estimate of drug-likeness (QED) is 0.438. The Balaban J connectivity index is 4.74. The van der Waals surface area contributed by atoms with Gasteiger partial charge in [-0.15, -0.1) is 0 Å². The van der Waals surface area contributed by atoms with Crippen molar-refractivity contribution in [2.75, 3.05) is 0 Å². The minimum absolute atomic E-state index is 0.0501. The van der Waals surface area contributed by atoms with Crippen LogP contribution in [0.1, 0.15) is 74.1 Å². The van der Waals surface area contributed by atoms with Crippen LogP contribution in [0.3, 0.4) is 0 Å². The van der Waals surface area contributed by atoms with E-state index >= 15 is 0 Å². The fourth-order valence-corrected chi connectivity index (χ4v) is 3.11. The lowest BCUT2D eigenvalue weighted by Gasteiger charge is -2.16. The van der Waals surface area contributed by atoms with E-state index in [1.54, 1.807) is 0 Å². The first-order chi connectivity index (χ1) is 10.2. The molecule has 1 N–H and O–H groups in total. The fourth-order valence-electron chi connectivity index (χ4n) is 3.11. The molecule has 0 aliphatic rings. The normalized spacial score (nSPS) is 18.7. The molecule has 0 radical (unpaired) electrons. The van der Waals surface area contributed by atoms with Crippen molar-refractivity contribution in [1.82, 2.24) is 0 Å². The summed E-state index contributed by atoms with van der Waals surface area (Å²) in [6.45, 7) is 14.4. The zero-order valence-electron chi connectivity index (χ0n) is 15.6. The molecule has 0 heterocycles. The molecular formula is C20H36O2. The van der Waals surface area contributed by atoms with Crippen molar-refractivity contribution in [3.05, 3.63) is 23.3 Å². The Morgan fingerprint density at radius 1 is 1.14 bits per heavy atom. The van der Waals surface area contributed by atoms with E-state index in [4.69, 9.17) is 0 Å². The summed E-state index contributed by atoms with van der Waals surface area (Å²) in [5.74, 6) is 1.000. The van der Waals surface area contributed by atoms with Crippen molar-refractivity contribution in [2.45, 2.75) is 80.3 Å². The van der Waals surface area contributed by atoms with E-state index in [0.717, 1.165) is 17.1 Å². The van der Waals surface area contributed by atoms with E-state index < -0.39 is 6.10 Å². The maximum Gasteiger partial charge on any atom is 0.163 e. The van der Waals surface area contributed by atoms with E-state index in [0.29, 0.717) is 12.3 Å². The monoisotopic (exact) mass is 308 g/mol. The van der Waals surface area contributed by atoms with Crippen molar-refractivity contribution in [3.8, 4) is 0 Å². The maximum absolute atomic E-state index is 12.3. The molecule has 2 unspecified atom stereocenters. The molecule has 22 heavy (non-hydrogen) atoms. The van der Waals surface area contributed by atoms with Crippen LogP contribution in [0.15, 0.2) is 23.3 Å². The van der Waals surface area contributed by atoms with E-state index in [-0.39, 0.29) is 11.7 Å². The van der Waals surface area contributed by atoms with Gasteiger partial charge in [0.25, 0.3) is 0 Å². The summed E-state index contributed by atoms with van der Waals surface area (Å²) in [6, 6.07) is 0. The molecule has 0 saturated heterocycles. The summed E-state index contributed by atoms with van der Waals surface area (Å²) in [7, 11) is 0. The number of carbonyl (C=O) groups is 1. The Hall–Kier alpha value is -0.890. The van der Waals surface area contributed by atoms with Crippen LogP contribution in [0.2, 0.25) is 0 Å². The number of hydrogen-bond donors (Lipinski definition) is 1. The predicted molar refractivity (Wildman–Crippen MR) is 95.8 cm³/mol. The van der Waals surface area contributed by atoms with Gasteiger partial charge in [0.1, 0.15) is 0 Å². The minimum atomic E-state index is -0.547. The molecule has 0 aliphatic carbocycles. The fraction of sp³-hybridized carbons (Fsp3) is 0.750. The van der Waals surface area contributed by atoms with Crippen molar-refractivity contribution >= 4 is 5.78 Å². The lowest BCUT2D eigenvalue weighted by Crippen LogP contribution is -2.25. The zero-order valence-corrected chi connectivity index (χ0v) is 15.6. The highest BCUT2D eigenvalue weighted by Gasteiger charge is 2.21. The van der Waals surface area contributed by atoms with Gasteiger partial charge in [-0.25, -0.2) is 0 Å². The van der Waals surface area contributed by atoms with Gasteiger partial charge >= 0.3 is 0 Å². The number of aliphatic hydroxyl groups is 1. The summed E-state index contributed by atoms with van der Waals surface area (Å²) in [5, 5.41) is 9.81. The maximum atomic E-state index is 12.3. The van der Waals surface area contributed by atoms with Gasteiger partial charge in [0.05, 0.1) is 6.10 Å². The van der Waals surface area contributed by atoms with Crippen LogP contribution < -0.4 is 0 Å². The molecule has 2 nitrogen and oxygen atoms in total. The van der Waals surface area contributed by atoms with Gasteiger partial charge in [-0.1, -0.05) is 65.2 Å². The Kier molecular flexibility index (Phi) is 10.3. The Bertz CT molecular complexity index is 393. The van der Waals surface area contributed by atoms with Crippen LogP contribution in [-0.4, -0.2) is 17.0 Å². The Morgan fingerprint density at radius 3 is 2.23 bits per heavy atom. The molecule has 0 rings (SSSR count). The number of hydrogen-bond acceptors (Lipinski definition) is 2. The summed E-state index contributed by atoms with van der Waals surface area (Å²) in [6.07, 6.45) is 7.98. The topological polar surface area (TPSA) is 37.3 Å². The first kappa shape index (κ1) is 21.1. The van der Waals surface area contributed by atoms with Crippen LogP contribution in [0.5, 0.6) is 0 Å². The van der Waals surface area contributed by atoms with Gasteiger partial charge in [0.2, 0.25) is 0 Å². The summed E-state index contributed by atoms with van der Waals surface area (Å²) >= 11 is 0. The molecule has 0 aromatic carbocycles. The Morgan fingerprint density at radius 2 is 1.73 bits per heavy atom. The van der Waals surface area contributed by atoms with Crippen LogP contribution >= 0.6 is 0 Å². The molecule has 0 aromatic rings. The Labute approximate surface area is 137 Å². The van der Waals surface area contributed by atoms with E-state index in [2.05, 4.69) is 33.8 Å². The second kappa shape index (κ2) is 10.8. The zero-order chi connectivity index (χ0) is 17.3. The van der Waals surface area contributed by atoms with Crippen molar-refractivity contribution < 1.29 is 9.90 Å². The first-order valence-electron chi connectivity index (χ1n) is 8.81. The molecule has 0 amide bonds. The number of ketones is 1. The summed E-state index contributed by atoms with van der Waals surface area (Å²) in [5.41, 5.74) is 1.88. The lowest BCUT2D eigenvalue weighted by atomic mass is 9.91. The smallest absolute Gasteiger partial charge is 0.163 e. The third-order valence-corrected chi connectivity index (χ3v) is 4.34. The first-order valence-corrected chi connectivity index (χ1v) is 8.81. The standard InChI is InChI=1S/C20H36O2/c1-8-10-14(3)11-15(4)12-16(5)13-17(6)20(22)18(7)19(21)9-2/h12-15,18-19,21H,8-11H2,1-7H3/b16-12+,17-13+/t14-,15-,18?,19?/m0/s1. The molecule has 0 aliphatic heterocycles. The van der Waals surface area contributed by atoms with E-state index in [1.165, 1.54) is 19.3 Å². The summed E-state index contributed by atoms with van der Waals surface area (Å²) < 4.78 is 0. The highest BCUT2D eigenvalue weighted by molar-refractivity contribution is 5.97. The number of allylic oxidation sites excluding steroid dienone is 4. The van der Waals surface area contributed by atoms with Gasteiger partial charge in [-0.2, -0.15) is 0 Å². The second-order valence-electron chi connectivity index (χ2n) is 6.97. The largest absolute Gasteiger partial charge is 0.392 e. The molecule has 0 spiro atoms. The number of aliphatic hydroxyl groups excluding tert-OH is 1. The minimum Gasteiger partial charge on any atom is -0.392 e. The van der Waals surface area contributed by atoms with Gasteiger partial charge in [0.15, 0.2) is 5.78 Å². The van der Waals surface area contributed by atoms with Crippen molar-refractivity contribution in [1.29, 1.82) is 0 Å². The number of carbonyl (C=O) groups excluding carboxylic acids is 1. The van der Waals surface area contributed by atoms with E-state index in [9.17, 15) is 9.90 Å². The van der Waals surface area contributed by atoms with Crippen LogP contribution in [0.4, 0.5) is 0 Å². The summed E-state index contributed by atoms with van der Waals surface area (Å²) in [4.78, 5) is 12.3. The third kappa shape index (κ3) is 7.93. The highest BCUT2D eigenvalue weighted by atomic mass is 16.3. The average Bonchev–Trinajstić information content (AvgIpc) is 2.44. The number of Topliss-reactive ketones (excluding diaryl/α,β-unsaturated/α-hetero) is 1. The van der Waals surface area contributed by atoms with Crippen molar-refractivity contribution in [2.24, 2.45) is 17.8 Å². The molecule has 0 aromatic heterocycles. The third-order valence-electron chi connectivity index (χ3n) is 4.34. The van der Waals surface area contributed by atoms with Crippen molar-refractivity contribution in [3.63, 3.8) is 0 Å². The molecule has 0 fully saturated rings. The van der Waals surface area contributed by atoms with Crippen LogP contribution in [-0.2, 0) is 4.79 Å².